The molecule has 0 N–H and O–H groups in total. The van der Waals surface area contributed by atoms with E-state index in [-0.39, 0.29) is 47.7 Å². The molecule has 3 aromatic carbocycles. The van der Waals surface area contributed by atoms with Crippen molar-refractivity contribution in [1.82, 2.24) is 0 Å². The van der Waals surface area contributed by atoms with Crippen LogP contribution in [0.25, 0.3) is 0 Å². The Kier molecular flexibility index (Phi) is 10.9. The van der Waals surface area contributed by atoms with Crippen LogP contribution >= 0.6 is 0 Å². The lowest BCUT2D eigenvalue weighted by atomic mass is 9.91. The van der Waals surface area contributed by atoms with Gasteiger partial charge in [0, 0.05) is 29.7 Å². The maximum absolute atomic E-state index is 14.7. The lowest BCUT2D eigenvalue weighted by Crippen LogP contribution is -2.25. The molecule has 0 aliphatic heterocycles. The predicted octanol–water partition coefficient (Wildman–Crippen LogP) is 10.8. The molecule has 0 bridgehead atoms. The van der Waals surface area contributed by atoms with Gasteiger partial charge in [-0.05, 0) is 42.7 Å². The zero-order valence-corrected chi connectivity index (χ0v) is 24.7. The van der Waals surface area contributed by atoms with Gasteiger partial charge in [-0.25, -0.2) is 30.7 Å². The smallest absolute Gasteiger partial charge is 0.429 e. The van der Waals surface area contributed by atoms with Crippen molar-refractivity contribution >= 4 is 0 Å². The monoisotopic (exact) mass is 686 g/mol. The summed E-state index contributed by atoms with van der Waals surface area (Å²) >= 11 is 0. The van der Waals surface area contributed by atoms with Gasteiger partial charge >= 0.3 is 12.3 Å². The molecule has 0 amide bonds. The summed E-state index contributed by atoms with van der Waals surface area (Å²) < 4.78 is 172. The van der Waals surface area contributed by atoms with E-state index in [2.05, 4.69) is 23.5 Å². The molecule has 0 radical (unpaired) electrons. The molecule has 1 nitrogen and oxygen atoms in total. The third-order valence-corrected chi connectivity index (χ3v) is 7.04. The van der Waals surface area contributed by atoms with Crippen LogP contribution in [0.1, 0.15) is 66.8 Å². The lowest BCUT2D eigenvalue weighted by molar-refractivity contribution is -0.189. The molecule has 1 unspecified atom stereocenters. The van der Waals surface area contributed by atoms with Crippen LogP contribution in [-0.4, -0.2) is 0 Å². The van der Waals surface area contributed by atoms with Crippen LogP contribution in [0.5, 0.6) is 5.75 Å². The van der Waals surface area contributed by atoms with Gasteiger partial charge in [0.1, 0.15) is 57.6 Å². The summed E-state index contributed by atoms with van der Waals surface area (Å²) in [6, 6.07) is 1.55. The number of hydrogen-bond donors (Lipinski definition) is 0. The Morgan fingerprint density at radius 3 is 1.71 bits per heavy atom. The normalized spacial score (nSPS) is 14.7. The van der Waals surface area contributed by atoms with Crippen molar-refractivity contribution in [3.63, 3.8) is 0 Å². The maximum atomic E-state index is 14.7. The van der Waals surface area contributed by atoms with Gasteiger partial charge in [-0.3, -0.25) is 0 Å². The van der Waals surface area contributed by atoms with Crippen molar-refractivity contribution in [2.24, 2.45) is 5.92 Å². The molecule has 0 saturated carbocycles. The zero-order chi connectivity index (χ0) is 35.4. The van der Waals surface area contributed by atoms with Crippen molar-refractivity contribution < 1.29 is 57.4 Å². The minimum Gasteiger partial charge on any atom is -0.429 e. The van der Waals surface area contributed by atoms with Gasteiger partial charge in [0.2, 0.25) is 0 Å². The fourth-order valence-corrected chi connectivity index (χ4v) is 4.74. The Labute approximate surface area is 266 Å². The predicted molar refractivity (Wildman–Crippen MR) is 151 cm³/mol. The maximum Gasteiger partial charge on any atom is 0.432 e. The summed E-state index contributed by atoms with van der Waals surface area (Å²) in [6.07, 6.45) is -3.20. The summed E-state index contributed by atoms with van der Waals surface area (Å²) in [5.74, 6) is -4.12. The van der Waals surface area contributed by atoms with Crippen LogP contribution in [0, 0.1) is 64.5 Å². The standard InChI is InChI=1S/C35H22F12O/c1-2-3-4-5-19-6-9-22(25(36)12-19)10-7-20-13-26(37)24(27(38)14-20)11-8-21-15-28(39)33(29(40)16-21)35(46,47)48-23-17-30(41)32(31(42)18-23)34(43,44)45/h6,9,13-19H,2-5,12H2,1H3. The number of rotatable bonds is 7. The highest BCUT2D eigenvalue weighted by Crippen LogP contribution is 2.39. The Balaban J connectivity index is 1.53. The summed E-state index contributed by atoms with van der Waals surface area (Å²) in [5.41, 5.74) is -6.16. The van der Waals surface area contributed by atoms with Gasteiger partial charge in [0.25, 0.3) is 0 Å². The van der Waals surface area contributed by atoms with E-state index in [9.17, 15) is 52.7 Å². The molecule has 0 heterocycles. The van der Waals surface area contributed by atoms with Crippen LogP contribution in [-0.2, 0) is 12.3 Å². The van der Waals surface area contributed by atoms with Crippen molar-refractivity contribution in [2.45, 2.75) is 51.3 Å². The molecule has 0 fully saturated rings. The number of unbranched alkanes of at least 4 members (excludes halogenated alkanes) is 2. The fraction of sp³-hybridized carbons (Fsp3) is 0.257. The molecule has 0 aromatic heterocycles. The molecule has 3 aromatic rings. The van der Waals surface area contributed by atoms with Crippen molar-refractivity contribution in [3.05, 3.63) is 123 Å². The third kappa shape index (κ3) is 8.57. The highest BCUT2D eigenvalue weighted by Gasteiger charge is 2.43. The average Bonchev–Trinajstić information content (AvgIpc) is 2.94. The topological polar surface area (TPSA) is 9.23 Å². The molecule has 1 aliphatic rings. The second-order valence-electron chi connectivity index (χ2n) is 10.6. The first-order valence-electron chi connectivity index (χ1n) is 14.2. The number of benzene rings is 3. The second-order valence-corrected chi connectivity index (χ2v) is 10.6. The summed E-state index contributed by atoms with van der Waals surface area (Å²) in [4.78, 5) is 0. The summed E-state index contributed by atoms with van der Waals surface area (Å²) in [6.45, 7) is 2.05. The lowest BCUT2D eigenvalue weighted by Gasteiger charge is -2.20. The Morgan fingerprint density at radius 2 is 1.19 bits per heavy atom. The molecule has 0 spiro atoms. The molecule has 48 heavy (non-hydrogen) atoms. The van der Waals surface area contributed by atoms with Crippen LogP contribution < -0.4 is 4.74 Å². The largest absolute Gasteiger partial charge is 0.432 e. The number of halogens is 12. The van der Waals surface area contributed by atoms with Crippen LogP contribution in [0.15, 0.2) is 60.0 Å². The average molecular weight is 687 g/mol. The minimum absolute atomic E-state index is 0.0300. The van der Waals surface area contributed by atoms with E-state index >= 15 is 0 Å². The number of alkyl halides is 5. The highest BCUT2D eigenvalue weighted by atomic mass is 19.4. The number of hydrogen-bond acceptors (Lipinski definition) is 1. The van der Waals surface area contributed by atoms with E-state index in [0.717, 1.165) is 37.8 Å². The Hall–Kier alpha value is -4.78. The minimum atomic E-state index is -5.52. The van der Waals surface area contributed by atoms with Crippen LogP contribution in [0.2, 0.25) is 0 Å². The van der Waals surface area contributed by atoms with E-state index < -0.39 is 81.0 Å². The molecule has 1 atom stereocenters. The van der Waals surface area contributed by atoms with Gasteiger partial charge in [0.15, 0.2) is 0 Å². The molecule has 4 rings (SSSR count). The van der Waals surface area contributed by atoms with E-state index in [0.29, 0.717) is 0 Å². The van der Waals surface area contributed by atoms with Crippen molar-refractivity contribution in [1.29, 1.82) is 0 Å². The Bertz CT molecular complexity index is 1830. The van der Waals surface area contributed by atoms with Gasteiger partial charge in [-0.15, -0.1) is 0 Å². The quantitative estimate of drug-likeness (QED) is 0.137. The van der Waals surface area contributed by atoms with Gasteiger partial charge in [0.05, 0.1) is 11.1 Å². The first-order valence-corrected chi connectivity index (χ1v) is 14.2. The number of ether oxygens (including phenoxy) is 1. The molecular formula is C35H22F12O. The molecule has 13 heteroatoms. The first kappa shape index (κ1) is 36.1. The zero-order valence-electron chi connectivity index (χ0n) is 24.7. The SMILES string of the molecule is CCCCCC1C=CC(C#Cc2cc(F)c(C#Cc3cc(F)c(C(F)(F)Oc4cc(F)c(C(F)(F)F)c(F)c4)c(F)c3)c(F)c2)=C(F)C1. The fourth-order valence-electron chi connectivity index (χ4n) is 4.74. The van der Waals surface area contributed by atoms with Gasteiger partial charge in [-0.2, -0.15) is 22.0 Å². The number of allylic oxidation sites excluding steroid dienone is 4. The van der Waals surface area contributed by atoms with Gasteiger partial charge < -0.3 is 4.74 Å². The summed E-state index contributed by atoms with van der Waals surface area (Å²) in [5, 5.41) is 0. The molecule has 0 saturated heterocycles. The van der Waals surface area contributed by atoms with E-state index in [1.54, 1.807) is 0 Å². The second kappa shape index (κ2) is 14.5. The van der Waals surface area contributed by atoms with Crippen LogP contribution in [0.4, 0.5) is 52.7 Å². The molecule has 1 aliphatic carbocycles. The van der Waals surface area contributed by atoms with E-state index in [4.69, 9.17) is 0 Å². The van der Waals surface area contributed by atoms with E-state index in [1.165, 1.54) is 6.08 Å². The summed E-state index contributed by atoms with van der Waals surface area (Å²) in [7, 11) is 0. The first-order chi connectivity index (χ1) is 22.5. The van der Waals surface area contributed by atoms with Gasteiger partial charge in [-0.1, -0.05) is 55.9 Å². The Morgan fingerprint density at radius 1 is 0.667 bits per heavy atom. The third-order valence-electron chi connectivity index (χ3n) is 7.04. The molecule has 252 valence electrons. The van der Waals surface area contributed by atoms with E-state index in [1.807, 2.05) is 17.9 Å². The van der Waals surface area contributed by atoms with Crippen molar-refractivity contribution in [3.8, 4) is 29.4 Å². The van der Waals surface area contributed by atoms with Crippen molar-refractivity contribution in [2.75, 3.05) is 0 Å². The van der Waals surface area contributed by atoms with Crippen LogP contribution in [0.3, 0.4) is 0 Å². The highest BCUT2D eigenvalue weighted by molar-refractivity contribution is 5.51. The molecular weight excluding hydrogens is 664 g/mol.